The van der Waals surface area contributed by atoms with Gasteiger partial charge in [0.1, 0.15) is 0 Å². The maximum absolute atomic E-state index is 11.2. The first-order chi connectivity index (χ1) is 11.0. The van der Waals surface area contributed by atoms with E-state index in [1.54, 1.807) is 18.2 Å². The molecule has 1 atom stereocenters. The van der Waals surface area contributed by atoms with Gasteiger partial charge >= 0.3 is 5.97 Å². The Morgan fingerprint density at radius 1 is 1.22 bits per heavy atom. The Labute approximate surface area is 135 Å². The third kappa shape index (κ3) is 4.31. The average Bonchev–Trinajstić information content (AvgIpc) is 2.54. The molecule has 1 unspecified atom stereocenters. The second-order valence-corrected chi connectivity index (χ2v) is 5.41. The van der Waals surface area contributed by atoms with Gasteiger partial charge in [0.25, 0.3) is 0 Å². The second kappa shape index (κ2) is 7.76. The summed E-state index contributed by atoms with van der Waals surface area (Å²) in [5.41, 5.74) is 3.31. The van der Waals surface area contributed by atoms with Gasteiger partial charge in [-0.3, -0.25) is 0 Å². The first-order valence-corrected chi connectivity index (χ1v) is 7.50. The molecule has 0 aliphatic heterocycles. The molecule has 0 amide bonds. The van der Waals surface area contributed by atoms with Gasteiger partial charge in [-0.1, -0.05) is 24.3 Å². The van der Waals surface area contributed by atoms with E-state index in [1.165, 1.54) is 6.07 Å². The Bertz CT molecular complexity index is 684. The Morgan fingerprint density at radius 2 is 1.96 bits per heavy atom. The van der Waals surface area contributed by atoms with Crippen molar-refractivity contribution in [3.05, 3.63) is 64.7 Å². The van der Waals surface area contributed by atoms with Gasteiger partial charge in [0.05, 0.1) is 5.56 Å². The van der Waals surface area contributed by atoms with Gasteiger partial charge in [0.15, 0.2) is 6.23 Å². The molecule has 2 aromatic rings. The molecule has 0 aromatic heterocycles. The molecule has 122 valence electrons. The molecule has 0 aliphatic carbocycles. The minimum absolute atomic E-state index is 0.0730. The molecule has 5 heteroatoms. The molecule has 0 saturated heterocycles. The SMILES string of the molecule is Cc1cc(NC(O)c2ccccc2C(=O)O)ccc1CCCO. The fourth-order valence-corrected chi connectivity index (χ4v) is 2.50. The lowest BCUT2D eigenvalue weighted by Crippen LogP contribution is -2.14. The number of hydrogen-bond donors (Lipinski definition) is 4. The largest absolute Gasteiger partial charge is 0.478 e. The van der Waals surface area contributed by atoms with E-state index in [2.05, 4.69) is 5.32 Å². The van der Waals surface area contributed by atoms with Crippen LogP contribution >= 0.6 is 0 Å². The fourth-order valence-electron chi connectivity index (χ4n) is 2.50. The van der Waals surface area contributed by atoms with E-state index in [0.717, 1.165) is 17.5 Å². The molecule has 0 aliphatic rings. The molecule has 2 rings (SSSR count). The van der Waals surface area contributed by atoms with Gasteiger partial charge in [-0.15, -0.1) is 0 Å². The zero-order valence-corrected chi connectivity index (χ0v) is 13.0. The van der Waals surface area contributed by atoms with Crippen molar-refractivity contribution in [2.45, 2.75) is 26.0 Å². The van der Waals surface area contributed by atoms with Crippen LogP contribution in [0.1, 0.15) is 39.7 Å². The topological polar surface area (TPSA) is 89.8 Å². The summed E-state index contributed by atoms with van der Waals surface area (Å²) in [7, 11) is 0. The van der Waals surface area contributed by atoms with Crippen LogP contribution in [0, 0.1) is 6.92 Å². The van der Waals surface area contributed by atoms with Crippen molar-refractivity contribution in [3.63, 3.8) is 0 Å². The Morgan fingerprint density at radius 3 is 2.61 bits per heavy atom. The maximum atomic E-state index is 11.2. The molecule has 4 N–H and O–H groups in total. The summed E-state index contributed by atoms with van der Waals surface area (Å²) in [5.74, 6) is -1.07. The number of carboxylic acid groups (broad SMARTS) is 1. The maximum Gasteiger partial charge on any atom is 0.336 e. The summed E-state index contributed by atoms with van der Waals surface area (Å²) in [4.78, 5) is 11.2. The Balaban J connectivity index is 2.16. The number of rotatable bonds is 7. The minimum Gasteiger partial charge on any atom is -0.478 e. The molecular formula is C18H21NO4. The molecule has 0 radical (unpaired) electrons. The number of aromatic carboxylic acids is 1. The summed E-state index contributed by atoms with van der Waals surface area (Å²) < 4.78 is 0. The normalized spacial score (nSPS) is 12.0. The highest BCUT2D eigenvalue weighted by Crippen LogP contribution is 2.23. The highest BCUT2D eigenvalue weighted by molar-refractivity contribution is 5.89. The number of anilines is 1. The van der Waals surface area contributed by atoms with Crippen LogP contribution in [-0.2, 0) is 6.42 Å². The van der Waals surface area contributed by atoms with E-state index in [9.17, 15) is 15.0 Å². The number of nitrogens with one attached hydrogen (secondary N) is 1. The quantitative estimate of drug-likeness (QED) is 0.590. The van der Waals surface area contributed by atoms with Gasteiger partial charge in [-0.25, -0.2) is 4.79 Å². The summed E-state index contributed by atoms with van der Waals surface area (Å²) in [6, 6.07) is 12.1. The van der Waals surface area contributed by atoms with Gasteiger partial charge in [0, 0.05) is 17.9 Å². The predicted octanol–water partition coefficient (Wildman–Crippen LogP) is 2.72. The summed E-state index contributed by atoms with van der Waals surface area (Å²) in [6.45, 7) is 2.12. The van der Waals surface area contributed by atoms with E-state index >= 15 is 0 Å². The lowest BCUT2D eigenvalue weighted by atomic mass is 10.0. The third-order valence-corrected chi connectivity index (χ3v) is 3.74. The van der Waals surface area contributed by atoms with Crippen LogP contribution in [0.4, 0.5) is 5.69 Å². The smallest absolute Gasteiger partial charge is 0.336 e. The molecule has 0 bridgehead atoms. The van der Waals surface area contributed by atoms with E-state index in [1.807, 2.05) is 25.1 Å². The van der Waals surface area contributed by atoms with Crippen LogP contribution in [-0.4, -0.2) is 27.9 Å². The van der Waals surface area contributed by atoms with Crippen molar-refractivity contribution in [1.29, 1.82) is 0 Å². The Hall–Kier alpha value is -2.37. The highest BCUT2D eigenvalue weighted by atomic mass is 16.4. The zero-order chi connectivity index (χ0) is 16.8. The first-order valence-electron chi connectivity index (χ1n) is 7.50. The van der Waals surface area contributed by atoms with Crippen molar-refractivity contribution in [2.75, 3.05) is 11.9 Å². The number of aliphatic hydroxyl groups excluding tert-OH is 2. The van der Waals surface area contributed by atoms with Gasteiger partial charge in [0.2, 0.25) is 0 Å². The summed E-state index contributed by atoms with van der Waals surface area (Å²) >= 11 is 0. The minimum atomic E-state index is -1.11. The molecule has 0 fully saturated rings. The molecule has 0 saturated carbocycles. The van der Waals surface area contributed by atoms with E-state index in [4.69, 9.17) is 5.11 Å². The lowest BCUT2D eigenvalue weighted by molar-refractivity contribution is 0.0690. The van der Waals surface area contributed by atoms with Crippen molar-refractivity contribution >= 4 is 11.7 Å². The number of aliphatic hydroxyl groups is 2. The van der Waals surface area contributed by atoms with Gasteiger partial charge in [-0.2, -0.15) is 0 Å². The van der Waals surface area contributed by atoms with E-state index < -0.39 is 12.2 Å². The molecule has 23 heavy (non-hydrogen) atoms. The second-order valence-electron chi connectivity index (χ2n) is 5.41. The van der Waals surface area contributed by atoms with Crippen LogP contribution in [0.15, 0.2) is 42.5 Å². The van der Waals surface area contributed by atoms with Crippen molar-refractivity contribution in [1.82, 2.24) is 0 Å². The van der Waals surface area contributed by atoms with Crippen LogP contribution in [0.2, 0.25) is 0 Å². The van der Waals surface area contributed by atoms with Crippen molar-refractivity contribution in [3.8, 4) is 0 Å². The molecule has 5 nitrogen and oxygen atoms in total. The lowest BCUT2D eigenvalue weighted by Gasteiger charge is -2.17. The van der Waals surface area contributed by atoms with Gasteiger partial charge in [-0.05, 0) is 49.1 Å². The fraction of sp³-hybridized carbons (Fsp3) is 0.278. The van der Waals surface area contributed by atoms with E-state index in [-0.39, 0.29) is 12.2 Å². The van der Waals surface area contributed by atoms with Crippen LogP contribution in [0.3, 0.4) is 0 Å². The number of carboxylic acids is 1. The number of carbonyl (C=O) groups is 1. The average molecular weight is 315 g/mol. The van der Waals surface area contributed by atoms with Crippen molar-refractivity contribution in [2.24, 2.45) is 0 Å². The molecular weight excluding hydrogens is 294 g/mol. The summed E-state index contributed by atoms with van der Waals surface area (Å²) in [6.07, 6.45) is 0.403. The molecule has 0 spiro atoms. The first kappa shape index (κ1) is 17.0. The monoisotopic (exact) mass is 315 g/mol. The standard InChI is InChI=1S/C18H21NO4/c1-12-11-14(9-8-13(12)5-4-10-20)19-17(21)15-6-2-3-7-16(15)18(22)23/h2-3,6-9,11,17,19-21H,4-5,10H2,1H3,(H,22,23). The highest BCUT2D eigenvalue weighted by Gasteiger charge is 2.16. The van der Waals surface area contributed by atoms with Crippen LogP contribution < -0.4 is 5.32 Å². The summed E-state index contributed by atoms with van der Waals surface area (Å²) in [5, 5.41) is 31.3. The Kier molecular flexibility index (Phi) is 5.73. The number of hydrogen-bond acceptors (Lipinski definition) is 4. The number of aryl methyl sites for hydroxylation is 2. The zero-order valence-electron chi connectivity index (χ0n) is 13.0. The molecule has 0 heterocycles. The van der Waals surface area contributed by atoms with E-state index in [0.29, 0.717) is 17.7 Å². The van der Waals surface area contributed by atoms with Gasteiger partial charge < -0.3 is 20.6 Å². The van der Waals surface area contributed by atoms with Crippen LogP contribution in [0.5, 0.6) is 0 Å². The van der Waals surface area contributed by atoms with Crippen LogP contribution in [0.25, 0.3) is 0 Å². The van der Waals surface area contributed by atoms with Crippen molar-refractivity contribution < 1.29 is 20.1 Å². The third-order valence-electron chi connectivity index (χ3n) is 3.74. The number of benzene rings is 2. The molecule has 2 aromatic carbocycles. The predicted molar refractivity (Wildman–Crippen MR) is 88.6 cm³/mol.